The number of nitrogens with zero attached hydrogens (tertiary/aromatic N) is 1. The number of benzene rings is 2. The molecule has 0 N–H and O–H groups in total. The number of fused-ring (bicyclic) bond motifs is 1. The third-order valence-corrected chi connectivity index (χ3v) is 4.44. The summed E-state index contributed by atoms with van der Waals surface area (Å²) in [5, 5.41) is 0. The van der Waals surface area contributed by atoms with Gasteiger partial charge in [-0.05, 0) is 61.6 Å². The van der Waals surface area contributed by atoms with E-state index in [1.54, 1.807) is 4.90 Å². The summed E-state index contributed by atoms with van der Waals surface area (Å²) in [6.45, 7) is 6.42. The highest BCUT2D eigenvalue weighted by molar-refractivity contribution is 5.72. The molecule has 0 bridgehead atoms. The molecule has 0 radical (unpaired) electrons. The molecule has 0 spiro atoms. The number of carbonyl (C=O) groups excluding carboxylic acids is 1. The maximum absolute atomic E-state index is 12.8. The fraction of sp³-hybridized carbons (Fsp3) is 0.381. The summed E-state index contributed by atoms with van der Waals surface area (Å²) in [5.41, 5.74) is 2.49. The molecule has 144 valence electrons. The molecule has 2 aromatic carbocycles. The number of halogens is 3. The van der Waals surface area contributed by atoms with Gasteiger partial charge in [0.25, 0.3) is 0 Å². The molecule has 1 heterocycles. The lowest BCUT2D eigenvalue weighted by Crippen LogP contribution is -2.40. The van der Waals surface area contributed by atoms with Crippen molar-refractivity contribution in [3.8, 4) is 11.1 Å². The zero-order chi connectivity index (χ0) is 19.8. The molecule has 3 rings (SSSR count). The smallest absolute Gasteiger partial charge is 0.416 e. The Kier molecular flexibility index (Phi) is 4.93. The molecule has 0 saturated carbocycles. The second-order valence-electron chi connectivity index (χ2n) is 7.67. The van der Waals surface area contributed by atoms with Crippen LogP contribution in [0.5, 0.6) is 0 Å². The van der Waals surface area contributed by atoms with Crippen LogP contribution in [0.3, 0.4) is 0 Å². The van der Waals surface area contributed by atoms with Crippen molar-refractivity contribution in [1.29, 1.82) is 0 Å². The van der Waals surface area contributed by atoms with E-state index in [1.165, 1.54) is 12.1 Å². The summed E-state index contributed by atoms with van der Waals surface area (Å²) in [6, 6.07) is 10.9. The van der Waals surface area contributed by atoms with Crippen LogP contribution in [0.25, 0.3) is 11.1 Å². The van der Waals surface area contributed by atoms with Gasteiger partial charge in [-0.2, -0.15) is 13.2 Å². The summed E-state index contributed by atoms with van der Waals surface area (Å²) in [5.74, 6) is 0. The molecule has 27 heavy (non-hydrogen) atoms. The van der Waals surface area contributed by atoms with Crippen LogP contribution in [0.15, 0.2) is 42.5 Å². The first-order valence-electron chi connectivity index (χ1n) is 8.81. The molecular formula is C21H22F3NO2. The minimum atomic E-state index is -4.34. The molecule has 3 nitrogen and oxygen atoms in total. The second-order valence-corrected chi connectivity index (χ2v) is 7.67. The lowest BCUT2D eigenvalue weighted by molar-refractivity contribution is -0.137. The van der Waals surface area contributed by atoms with Crippen molar-refractivity contribution in [1.82, 2.24) is 4.90 Å². The van der Waals surface area contributed by atoms with E-state index >= 15 is 0 Å². The Balaban J connectivity index is 1.84. The van der Waals surface area contributed by atoms with Crippen LogP contribution < -0.4 is 0 Å². The number of alkyl halides is 3. The largest absolute Gasteiger partial charge is 0.444 e. The Morgan fingerprint density at radius 1 is 1.04 bits per heavy atom. The molecule has 0 saturated heterocycles. The maximum Gasteiger partial charge on any atom is 0.416 e. The Labute approximate surface area is 156 Å². The molecule has 0 unspecified atom stereocenters. The van der Waals surface area contributed by atoms with Crippen LogP contribution in [-0.2, 0) is 23.9 Å². The predicted octanol–water partition coefficient (Wildman–Crippen LogP) is 5.67. The second kappa shape index (κ2) is 6.91. The van der Waals surface area contributed by atoms with E-state index < -0.39 is 17.3 Å². The lowest BCUT2D eigenvalue weighted by Gasteiger charge is -2.32. The Morgan fingerprint density at radius 3 is 2.30 bits per heavy atom. The molecule has 1 aliphatic heterocycles. The number of hydrogen-bond donors (Lipinski definition) is 0. The van der Waals surface area contributed by atoms with Crippen LogP contribution in [0.4, 0.5) is 18.0 Å². The highest BCUT2D eigenvalue weighted by atomic mass is 19.4. The molecule has 0 aromatic heterocycles. The van der Waals surface area contributed by atoms with Crippen molar-refractivity contribution >= 4 is 6.09 Å². The average molecular weight is 377 g/mol. The van der Waals surface area contributed by atoms with Gasteiger partial charge in [0.05, 0.1) is 5.56 Å². The van der Waals surface area contributed by atoms with Crippen molar-refractivity contribution in [3.63, 3.8) is 0 Å². The van der Waals surface area contributed by atoms with Crippen LogP contribution >= 0.6 is 0 Å². The first kappa shape index (κ1) is 19.3. The van der Waals surface area contributed by atoms with Crippen LogP contribution in [0.2, 0.25) is 0 Å². The fourth-order valence-electron chi connectivity index (χ4n) is 3.20. The minimum absolute atomic E-state index is 0.354. The number of amides is 1. The maximum atomic E-state index is 12.8. The Hall–Kier alpha value is -2.50. The van der Waals surface area contributed by atoms with E-state index in [1.807, 2.05) is 39.0 Å². The van der Waals surface area contributed by atoms with Gasteiger partial charge >= 0.3 is 12.3 Å². The first-order chi connectivity index (χ1) is 12.5. The number of carbonyl (C=O) groups is 1. The van der Waals surface area contributed by atoms with Gasteiger partial charge in [-0.1, -0.05) is 30.3 Å². The van der Waals surface area contributed by atoms with Crippen molar-refractivity contribution < 1.29 is 22.7 Å². The molecular weight excluding hydrogens is 355 g/mol. The van der Waals surface area contributed by atoms with Crippen LogP contribution in [0.1, 0.15) is 37.5 Å². The normalized spacial score (nSPS) is 14.7. The van der Waals surface area contributed by atoms with Gasteiger partial charge in [-0.3, -0.25) is 0 Å². The van der Waals surface area contributed by atoms with E-state index in [2.05, 4.69) is 0 Å². The third-order valence-electron chi connectivity index (χ3n) is 4.44. The fourth-order valence-corrected chi connectivity index (χ4v) is 3.20. The number of ether oxygens (including phenoxy) is 1. The molecule has 2 aromatic rings. The van der Waals surface area contributed by atoms with Gasteiger partial charge in [0, 0.05) is 13.1 Å². The van der Waals surface area contributed by atoms with Crippen molar-refractivity contribution in [2.45, 2.75) is 45.5 Å². The summed E-state index contributed by atoms with van der Waals surface area (Å²) in [6.07, 6.45) is -4.07. The number of hydrogen-bond acceptors (Lipinski definition) is 2. The lowest BCUT2D eigenvalue weighted by atomic mass is 9.90. The molecule has 6 heteroatoms. The quantitative estimate of drug-likeness (QED) is 0.641. The highest BCUT2D eigenvalue weighted by Gasteiger charge is 2.30. The zero-order valence-corrected chi connectivity index (χ0v) is 15.6. The van der Waals surface area contributed by atoms with Gasteiger partial charge in [-0.15, -0.1) is 0 Å². The molecule has 0 atom stereocenters. The molecule has 1 aliphatic rings. The topological polar surface area (TPSA) is 29.5 Å². The molecule has 0 aliphatic carbocycles. The summed E-state index contributed by atoms with van der Waals surface area (Å²) >= 11 is 0. The standard InChI is InChI=1S/C21H22F3NO2/c1-20(2,3)27-19(26)25-12-11-18-15(13-25)5-4-6-17(18)14-7-9-16(10-8-14)21(22,23)24/h4-10H,11-13H2,1-3H3. The predicted molar refractivity (Wildman–Crippen MR) is 97.2 cm³/mol. The van der Waals surface area contributed by atoms with Crippen LogP contribution in [-0.4, -0.2) is 23.1 Å². The van der Waals surface area contributed by atoms with Crippen molar-refractivity contribution in [3.05, 3.63) is 59.2 Å². The van der Waals surface area contributed by atoms with E-state index in [0.717, 1.165) is 34.4 Å². The summed E-state index contributed by atoms with van der Waals surface area (Å²) < 4.78 is 43.8. The zero-order valence-electron chi connectivity index (χ0n) is 15.6. The van der Waals surface area contributed by atoms with E-state index in [4.69, 9.17) is 4.74 Å². The summed E-state index contributed by atoms with van der Waals surface area (Å²) in [7, 11) is 0. The SMILES string of the molecule is CC(C)(C)OC(=O)N1CCc2c(cccc2-c2ccc(C(F)(F)F)cc2)C1. The Morgan fingerprint density at radius 2 is 1.70 bits per heavy atom. The highest BCUT2D eigenvalue weighted by Crippen LogP contribution is 2.34. The van der Waals surface area contributed by atoms with Crippen molar-refractivity contribution in [2.24, 2.45) is 0 Å². The van der Waals surface area contributed by atoms with Gasteiger partial charge in [0.15, 0.2) is 0 Å². The molecule has 1 amide bonds. The monoisotopic (exact) mass is 377 g/mol. The third kappa shape index (κ3) is 4.43. The van der Waals surface area contributed by atoms with E-state index in [-0.39, 0.29) is 6.09 Å². The minimum Gasteiger partial charge on any atom is -0.444 e. The number of rotatable bonds is 1. The van der Waals surface area contributed by atoms with Crippen LogP contribution in [0, 0.1) is 0 Å². The van der Waals surface area contributed by atoms with E-state index in [9.17, 15) is 18.0 Å². The van der Waals surface area contributed by atoms with Gasteiger partial charge < -0.3 is 9.64 Å². The Bertz CT molecular complexity index is 836. The van der Waals surface area contributed by atoms with E-state index in [0.29, 0.717) is 19.5 Å². The van der Waals surface area contributed by atoms with Gasteiger partial charge in [-0.25, -0.2) is 4.79 Å². The van der Waals surface area contributed by atoms with Crippen molar-refractivity contribution in [2.75, 3.05) is 6.54 Å². The first-order valence-corrected chi connectivity index (χ1v) is 8.81. The van der Waals surface area contributed by atoms with Gasteiger partial charge in [0.2, 0.25) is 0 Å². The van der Waals surface area contributed by atoms with Gasteiger partial charge in [0.1, 0.15) is 5.60 Å². The summed E-state index contributed by atoms with van der Waals surface area (Å²) in [4.78, 5) is 14.0. The molecule has 0 fully saturated rings. The average Bonchev–Trinajstić information content (AvgIpc) is 2.58.